The topological polar surface area (TPSA) is 88.9 Å². The van der Waals surface area contributed by atoms with E-state index in [1.165, 1.54) is 17.8 Å². The lowest BCUT2D eigenvalue weighted by Gasteiger charge is -2.16. The van der Waals surface area contributed by atoms with Crippen molar-refractivity contribution in [3.63, 3.8) is 0 Å². The van der Waals surface area contributed by atoms with Gasteiger partial charge in [-0.2, -0.15) is 0 Å². The van der Waals surface area contributed by atoms with E-state index < -0.39 is 6.04 Å². The molecule has 1 aromatic heterocycles. The second-order valence-electron chi connectivity index (χ2n) is 7.02. The Balaban J connectivity index is 1.68. The van der Waals surface area contributed by atoms with Crippen molar-refractivity contribution < 1.29 is 9.59 Å². The van der Waals surface area contributed by atoms with Gasteiger partial charge in [-0.3, -0.25) is 9.59 Å². The lowest BCUT2D eigenvalue weighted by atomic mass is 10.2. The van der Waals surface area contributed by atoms with E-state index in [9.17, 15) is 9.59 Å². The third-order valence-corrected chi connectivity index (χ3v) is 6.57. The van der Waals surface area contributed by atoms with Crippen molar-refractivity contribution in [3.05, 3.63) is 80.5 Å². The van der Waals surface area contributed by atoms with E-state index >= 15 is 0 Å². The van der Waals surface area contributed by atoms with E-state index in [1.807, 2.05) is 0 Å². The Morgan fingerprint density at radius 2 is 1.76 bits per heavy atom. The number of hydrogen-bond acceptors (Lipinski definition) is 5. The number of aromatic nitrogens is 3. The van der Waals surface area contributed by atoms with Crippen LogP contribution in [0.1, 0.15) is 29.1 Å². The van der Waals surface area contributed by atoms with E-state index in [0.717, 1.165) is 0 Å². The molecule has 0 bridgehead atoms. The van der Waals surface area contributed by atoms with E-state index in [0.29, 0.717) is 43.8 Å². The quantitative estimate of drug-likeness (QED) is 0.237. The summed E-state index contributed by atoms with van der Waals surface area (Å²) in [6, 6.07) is 8.95. The molecular weight excluding hydrogens is 540 g/mol. The molecule has 0 saturated carbocycles. The highest BCUT2D eigenvalue weighted by molar-refractivity contribution is 7.99. The number of allylic oxidation sites excluding steroid dienone is 1. The Bertz CT molecular complexity index is 1230. The van der Waals surface area contributed by atoms with Crippen LogP contribution in [0.2, 0.25) is 20.1 Å². The Labute approximate surface area is 220 Å². The number of thioether (sulfide) groups is 1. The first kappa shape index (κ1) is 26.4. The summed E-state index contributed by atoms with van der Waals surface area (Å²) in [5, 5.41) is 16.0. The van der Waals surface area contributed by atoms with Crippen molar-refractivity contribution in [2.75, 3.05) is 11.1 Å². The van der Waals surface area contributed by atoms with Gasteiger partial charge in [-0.15, -0.1) is 16.8 Å². The van der Waals surface area contributed by atoms with Crippen molar-refractivity contribution in [2.24, 2.45) is 0 Å². The molecule has 0 aliphatic carbocycles. The second kappa shape index (κ2) is 12.0. The van der Waals surface area contributed by atoms with Crippen LogP contribution >= 0.6 is 58.2 Å². The third kappa shape index (κ3) is 6.67. The largest absolute Gasteiger partial charge is 0.342 e. The number of rotatable bonds is 9. The lowest BCUT2D eigenvalue weighted by molar-refractivity contribution is -0.113. The summed E-state index contributed by atoms with van der Waals surface area (Å²) in [4.78, 5) is 25.1. The first-order valence-corrected chi connectivity index (χ1v) is 12.4. The molecule has 7 nitrogen and oxygen atoms in total. The normalized spacial score (nSPS) is 11.7. The monoisotopic (exact) mass is 557 g/mol. The van der Waals surface area contributed by atoms with Crippen LogP contribution in [-0.2, 0) is 11.3 Å². The molecular formula is C22H19Cl4N5O2S. The van der Waals surface area contributed by atoms with Gasteiger partial charge in [0, 0.05) is 16.6 Å². The van der Waals surface area contributed by atoms with Gasteiger partial charge < -0.3 is 15.2 Å². The fourth-order valence-electron chi connectivity index (χ4n) is 2.95. The minimum atomic E-state index is -0.497. The Morgan fingerprint density at radius 1 is 1.09 bits per heavy atom. The van der Waals surface area contributed by atoms with Gasteiger partial charge in [0.25, 0.3) is 5.91 Å². The first-order valence-electron chi connectivity index (χ1n) is 9.87. The maximum atomic E-state index is 12.7. The zero-order valence-electron chi connectivity index (χ0n) is 17.8. The molecule has 3 rings (SSSR count). The zero-order valence-corrected chi connectivity index (χ0v) is 21.7. The highest BCUT2D eigenvalue weighted by atomic mass is 35.5. The van der Waals surface area contributed by atoms with Crippen molar-refractivity contribution >= 4 is 75.7 Å². The minimum Gasteiger partial charge on any atom is -0.342 e. The molecule has 2 amide bonds. The van der Waals surface area contributed by atoms with Crippen molar-refractivity contribution in [2.45, 2.75) is 24.7 Å². The van der Waals surface area contributed by atoms with E-state index in [1.54, 1.807) is 47.9 Å². The number of hydrogen-bond donors (Lipinski definition) is 2. The summed E-state index contributed by atoms with van der Waals surface area (Å²) in [6.45, 7) is 5.92. The molecule has 1 heterocycles. The molecule has 0 spiro atoms. The van der Waals surface area contributed by atoms with E-state index in [2.05, 4.69) is 27.4 Å². The number of nitrogens with one attached hydrogen (secondary N) is 2. The fourth-order valence-corrected chi connectivity index (χ4v) is 4.65. The summed E-state index contributed by atoms with van der Waals surface area (Å²) in [5.41, 5.74) is 0.752. The first-order chi connectivity index (χ1) is 16.2. The highest BCUT2D eigenvalue weighted by Gasteiger charge is 2.21. The van der Waals surface area contributed by atoms with Gasteiger partial charge in [0.05, 0.1) is 33.1 Å². The Kier molecular flexibility index (Phi) is 9.27. The summed E-state index contributed by atoms with van der Waals surface area (Å²) >= 11 is 25.2. The Hall–Kier alpha value is -2.23. The fraction of sp³-hybridized carbons (Fsp3) is 0.182. The van der Waals surface area contributed by atoms with Gasteiger partial charge in [-0.1, -0.05) is 64.2 Å². The van der Waals surface area contributed by atoms with E-state index in [-0.39, 0.29) is 22.6 Å². The lowest BCUT2D eigenvalue weighted by Crippen LogP contribution is -2.29. The van der Waals surface area contributed by atoms with Crippen molar-refractivity contribution in [1.29, 1.82) is 0 Å². The maximum Gasteiger partial charge on any atom is 0.253 e. The van der Waals surface area contributed by atoms with Gasteiger partial charge in [-0.05, 0) is 43.3 Å². The molecule has 34 heavy (non-hydrogen) atoms. The molecule has 0 aliphatic heterocycles. The molecule has 0 radical (unpaired) electrons. The molecule has 2 N–H and O–H groups in total. The molecule has 3 aromatic rings. The average molecular weight is 559 g/mol. The number of benzene rings is 2. The van der Waals surface area contributed by atoms with Crippen LogP contribution in [-0.4, -0.2) is 32.3 Å². The predicted molar refractivity (Wildman–Crippen MR) is 138 cm³/mol. The molecule has 0 aliphatic rings. The molecule has 2 aromatic carbocycles. The highest BCUT2D eigenvalue weighted by Crippen LogP contribution is 2.27. The minimum absolute atomic E-state index is 0.0648. The number of nitrogens with zero attached hydrogens (tertiary/aromatic N) is 3. The van der Waals surface area contributed by atoms with Crippen LogP contribution in [0.25, 0.3) is 0 Å². The molecule has 1 atom stereocenters. The van der Waals surface area contributed by atoms with Gasteiger partial charge in [0.1, 0.15) is 0 Å². The van der Waals surface area contributed by atoms with Crippen LogP contribution in [0, 0.1) is 0 Å². The molecule has 178 valence electrons. The van der Waals surface area contributed by atoms with Crippen molar-refractivity contribution in [1.82, 2.24) is 20.1 Å². The molecule has 0 saturated heterocycles. The van der Waals surface area contributed by atoms with Crippen LogP contribution in [0.3, 0.4) is 0 Å². The smallest absolute Gasteiger partial charge is 0.253 e. The number of carbonyl (C=O) groups excluding carboxylic acids is 2. The van der Waals surface area contributed by atoms with Gasteiger partial charge in [0.15, 0.2) is 11.0 Å². The second-order valence-corrected chi connectivity index (χ2v) is 9.65. The SMILES string of the molecule is C=CCn1c(SCC(=O)Nc2ccc(Cl)cc2Cl)nnc1[C@@H](C)NC(=O)c1ccc(Cl)cc1Cl. The van der Waals surface area contributed by atoms with Crippen LogP contribution in [0.4, 0.5) is 5.69 Å². The van der Waals surface area contributed by atoms with Gasteiger partial charge >= 0.3 is 0 Å². The van der Waals surface area contributed by atoms with Crippen molar-refractivity contribution in [3.8, 4) is 0 Å². The average Bonchev–Trinajstić information content (AvgIpc) is 3.17. The predicted octanol–water partition coefficient (Wildman–Crippen LogP) is 6.30. The molecule has 0 unspecified atom stereocenters. The van der Waals surface area contributed by atoms with E-state index in [4.69, 9.17) is 46.4 Å². The number of halogens is 4. The summed E-state index contributed by atoms with van der Waals surface area (Å²) < 4.78 is 1.77. The van der Waals surface area contributed by atoms with Gasteiger partial charge in [0.2, 0.25) is 5.91 Å². The summed E-state index contributed by atoms with van der Waals surface area (Å²) in [7, 11) is 0. The summed E-state index contributed by atoms with van der Waals surface area (Å²) in [6.07, 6.45) is 1.68. The number of anilines is 1. The zero-order chi connectivity index (χ0) is 24.8. The third-order valence-electron chi connectivity index (χ3n) is 4.51. The number of amides is 2. The van der Waals surface area contributed by atoms with Crippen LogP contribution in [0.15, 0.2) is 54.2 Å². The number of carbonyl (C=O) groups is 2. The molecule has 0 fully saturated rings. The van der Waals surface area contributed by atoms with Crippen LogP contribution in [0.5, 0.6) is 0 Å². The summed E-state index contributed by atoms with van der Waals surface area (Å²) in [5.74, 6) is -0.0876. The van der Waals surface area contributed by atoms with Crippen LogP contribution < -0.4 is 10.6 Å². The van der Waals surface area contributed by atoms with Gasteiger partial charge in [-0.25, -0.2) is 0 Å². The maximum absolute atomic E-state index is 12.7. The standard InChI is InChI=1S/C22H19Cl4N5O2S/c1-3-8-31-20(12(2)27-21(33)15-6-4-13(23)9-16(15)25)29-30-22(31)34-11-19(32)28-18-7-5-14(24)10-17(18)26/h3-7,9-10,12H,1,8,11H2,2H3,(H,27,33)(H,28,32)/t12-/m1/s1. The Morgan fingerprint density at radius 3 is 2.41 bits per heavy atom. The molecule has 12 heteroatoms.